The lowest BCUT2D eigenvalue weighted by Crippen LogP contribution is -2.44. The highest BCUT2D eigenvalue weighted by Crippen LogP contribution is 2.27. The fourth-order valence-corrected chi connectivity index (χ4v) is 2.42. The van der Waals surface area contributed by atoms with E-state index in [1.54, 1.807) is 7.11 Å². The van der Waals surface area contributed by atoms with Crippen LogP contribution in [-0.4, -0.2) is 76.6 Å². The van der Waals surface area contributed by atoms with E-state index in [9.17, 15) is 0 Å². The number of nitrogens with zero attached hydrogens (tertiary/aromatic N) is 2. The molecule has 22 heavy (non-hydrogen) atoms. The van der Waals surface area contributed by atoms with Gasteiger partial charge >= 0.3 is 0 Å². The number of rotatable bonds is 12. The van der Waals surface area contributed by atoms with Gasteiger partial charge in [-0.05, 0) is 33.1 Å². The van der Waals surface area contributed by atoms with Gasteiger partial charge in [-0.2, -0.15) is 0 Å². The maximum atomic E-state index is 5.43. The number of ether oxygens (including phenoxy) is 2. The Morgan fingerprint density at radius 3 is 2.50 bits per heavy atom. The lowest BCUT2D eigenvalue weighted by atomic mass is 10.3. The van der Waals surface area contributed by atoms with Crippen LogP contribution in [0.3, 0.4) is 0 Å². The van der Waals surface area contributed by atoms with Gasteiger partial charge in [-0.25, -0.2) is 0 Å². The normalized spacial score (nSPS) is 15.6. The van der Waals surface area contributed by atoms with Gasteiger partial charge in [0.1, 0.15) is 0 Å². The number of aliphatic imine (C=N–C) groups is 1. The maximum Gasteiger partial charge on any atom is 0.191 e. The van der Waals surface area contributed by atoms with Gasteiger partial charge in [-0.15, -0.1) is 0 Å². The maximum absolute atomic E-state index is 5.43. The zero-order valence-corrected chi connectivity index (χ0v) is 14.7. The summed E-state index contributed by atoms with van der Waals surface area (Å²) in [5.74, 6) is 0.872. The first-order chi connectivity index (χ1) is 10.7. The average Bonchev–Trinajstić information content (AvgIpc) is 3.32. The molecule has 1 fully saturated rings. The molecule has 0 radical (unpaired) electrons. The number of guanidine groups is 1. The molecule has 0 aromatic heterocycles. The SMILES string of the molecule is CN=C(NCCCOCCOC)NCCN(C(C)C)C1CC1. The molecule has 2 N–H and O–H groups in total. The first-order valence-electron chi connectivity index (χ1n) is 8.46. The second kappa shape index (κ2) is 11.7. The summed E-state index contributed by atoms with van der Waals surface area (Å²) in [5, 5.41) is 6.70. The molecular weight excluding hydrogens is 280 g/mol. The highest BCUT2D eigenvalue weighted by molar-refractivity contribution is 5.79. The van der Waals surface area contributed by atoms with E-state index in [1.807, 2.05) is 7.05 Å². The molecule has 6 nitrogen and oxygen atoms in total. The Balaban J connectivity index is 2.04. The van der Waals surface area contributed by atoms with Crippen molar-refractivity contribution in [2.45, 2.75) is 45.2 Å². The van der Waals surface area contributed by atoms with Crippen LogP contribution < -0.4 is 10.6 Å². The summed E-state index contributed by atoms with van der Waals surface area (Å²) >= 11 is 0. The Bertz CT molecular complexity index is 305. The summed E-state index contributed by atoms with van der Waals surface area (Å²) in [6.45, 7) is 9.48. The minimum absolute atomic E-state index is 0.619. The fourth-order valence-electron chi connectivity index (χ4n) is 2.42. The molecule has 0 atom stereocenters. The Morgan fingerprint density at radius 2 is 1.91 bits per heavy atom. The van der Waals surface area contributed by atoms with Crippen LogP contribution in [0.25, 0.3) is 0 Å². The lowest BCUT2D eigenvalue weighted by molar-refractivity contribution is 0.0698. The van der Waals surface area contributed by atoms with E-state index in [2.05, 4.69) is 34.4 Å². The van der Waals surface area contributed by atoms with E-state index < -0.39 is 0 Å². The number of methoxy groups -OCH3 is 1. The lowest BCUT2D eigenvalue weighted by Gasteiger charge is -2.26. The second-order valence-electron chi connectivity index (χ2n) is 5.95. The van der Waals surface area contributed by atoms with Gasteiger partial charge in [0.25, 0.3) is 0 Å². The smallest absolute Gasteiger partial charge is 0.191 e. The predicted octanol–water partition coefficient (Wildman–Crippen LogP) is 1.08. The van der Waals surface area contributed by atoms with Gasteiger partial charge in [0.15, 0.2) is 5.96 Å². The topological polar surface area (TPSA) is 58.1 Å². The van der Waals surface area contributed by atoms with Crippen molar-refractivity contribution in [1.82, 2.24) is 15.5 Å². The minimum Gasteiger partial charge on any atom is -0.382 e. The molecule has 1 aliphatic rings. The van der Waals surface area contributed by atoms with Gasteiger partial charge in [0.05, 0.1) is 13.2 Å². The molecule has 0 heterocycles. The molecule has 0 spiro atoms. The standard InChI is InChI=1S/C16H34N4O2/c1-14(2)20(15-6-7-15)10-9-19-16(17-3)18-8-5-11-22-13-12-21-4/h14-15H,5-13H2,1-4H3,(H2,17,18,19). The van der Waals surface area contributed by atoms with Crippen molar-refractivity contribution in [1.29, 1.82) is 0 Å². The molecule has 0 amide bonds. The van der Waals surface area contributed by atoms with Crippen LogP contribution in [0.15, 0.2) is 4.99 Å². The van der Waals surface area contributed by atoms with E-state index in [-0.39, 0.29) is 0 Å². The van der Waals surface area contributed by atoms with E-state index >= 15 is 0 Å². The molecule has 0 saturated heterocycles. The second-order valence-corrected chi connectivity index (χ2v) is 5.95. The summed E-state index contributed by atoms with van der Waals surface area (Å²) in [5.41, 5.74) is 0. The highest BCUT2D eigenvalue weighted by Gasteiger charge is 2.29. The number of hydrogen-bond acceptors (Lipinski definition) is 4. The largest absolute Gasteiger partial charge is 0.382 e. The van der Waals surface area contributed by atoms with E-state index in [0.717, 1.165) is 44.7 Å². The van der Waals surface area contributed by atoms with Crippen LogP contribution in [0, 0.1) is 0 Å². The van der Waals surface area contributed by atoms with Gasteiger partial charge in [0.2, 0.25) is 0 Å². The van der Waals surface area contributed by atoms with Crippen molar-refractivity contribution in [2.24, 2.45) is 4.99 Å². The average molecular weight is 314 g/mol. The van der Waals surface area contributed by atoms with E-state index in [1.165, 1.54) is 12.8 Å². The monoisotopic (exact) mass is 314 g/mol. The van der Waals surface area contributed by atoms with Crippen molar-refractivity contribution >= 4 is 5.96 Å². The third-order valence-electron chi connectivity index (χ3n) is 3.75. The molecule has 0 aromatic rings. The molecule has 0 aliphatic heterocycles. The van der Waals surface area contributed by atoms with Crippen LogP contribution in [0.2, 0.25) is 0 Å². The Labute approximate surface area is 135 Å². The van der Waals surface area contributed by atoms with Crippen LogP contribution in [0.1, 0.15) is 33.1 Å². The Kier molecular flexibility index (Phi) is 10.2. The minimum atomic E-state index is 0.619. The summed E-state index contributed by atoms with van der Waals surface area (Å²) < 4.78 is 10.4. The van der Waals surface area contributed by atoms with Gasteiger partial charge in [0, 0.05) is 52.5 Å². The van der Waals surface area contributed by atoms with Crippen molar-refractivity contribution in [2.75, 3.05) is 53.6 Å². The number of hydrogen-bond donors (Lipinski definition) is 2. The first kappa shape index (κ1) is 19.2. The molecule has 0 unspecified atom stereocenters. The molecule has 0 aromatic carbocycles. The summed E-state index contributed by atoms with van der Waals surface area (Å²) in [7, 11) is 3.50. The summed E-state index contributed by atoms with van der Waals surface area (Å²) in [4.78, 5) is 6.83. The van der Waals surface area contributed by atoms with Crippen LogP contribution in [0.5, 0.6) is 0 Å². The zero-order chi connectivity index (χ0) is 16.2. The highest BCUT2D eigenvalue weighted by atomic mass is 16.5. The van der Waals surface area contributed by atoms with Crippen molar-refractivity contribution < 1.29 is 9.47 Å². The zero-order valence-electron chi connectivity index (χ0n) is 14.7. The Hall–Kier alpha value is -0.850. The predicted molar refractivity (Wildman–Crippen MR) is 91.5 cm³/mol. The van der Waals surface area contributed by atoms with Crippen molar-refractivity contribution in [3.05, 3.63) is 0 Å². The molecular formula is C16H34N4O2. The molecule has 1 saturated carbocycles. The summed E-state index contributed by atoms with van der Waals surface area (Å²) in [6, 6.07) is 1.43. The molecule has 1 aliphatic carbocycles. The quantitative estimate of drug-likeness (QED) is 0.321. The first-order valence-corrected chi connectivity index (χ1v) is 8.46. The van der Waals surface area contributed by atoms with Gasteiger partial charge < -0.3 is 20.1 Å². The van der Waals surface area contributed by atoms with Gasteiger partial charge in [-0.1, -0.05) is 0 Å². The fraction of sp³-hybridized carbons (Fsp3) is 0.938. The molecule has 6 heteroatoms. The van der Waals surface area contributed by atoms with Crippen LogP contribution in [-0.2, 0) is 9.47 Å². The Morgan fingerprint density at radius 1 is 1.18 bits per heavy atom. The summed E-state index contributed by atoms with van der Waals surface area (Å²) in [6.07, 6.45) is 3.67. The molecule has 1 rings (SSSR count). The van der Waals surface area contributed by atoms with E-state index in [4.69, 9.17) is 9.47 Å². The third-order valence-corrected chi connectivity index (χ3v) is 3.75. The van der Waals surface area contributed by atoms with Crippen molar-refractivity contribution in [3.8, 4) is 0 Å². The molecule has 0 bridgehead atoms. The number of nitrogens with one attached hydrogen (secondary N) is 2. The van der Waals surface area contributed by atoms with Crippen LogP contribution in [0.4, 0.5) is 0 Å². The van der Waals surface area contributed by atoms with Crippen LogP contribution >= 0.6 is 0 Å². The van der Waals surface area contributed by atoms with Crippen molar-refractivity contribution in [3.63, 3.8) is 0 Å². The van der Waals surface area contributed by atoms with Gasteiger partial charge in [-0.3, -0.25) is 9.89 Å². The van der Waals surface area contributed by atoms with E-state index in [0.29, 0.717) is 19.3 Å². The third kappa shape index (κ3) is 8.56. The molecule has 130 valence electrons.